The molecule has 2 atom stereocenters. The average molecular weight is 493 g/mol. The van der Waals surface area contributed by atoms with Crippen molar-refractivity contribution in [3.05, 3.63) is 35.1 Å². The van der Waals surface area contributed by atoms with E-state index in [1.807, 2.05) is 6.92 Å². The molecule has 1 fully saturated rings. The molecule has 27 heavy (non-hydrogen) atoms. The van der Waals surface area contributed by atoms with Crippen molar-refractivity contribution >= 4 is 29.9 Å². The predicted molar refractivity (Wildman–Crippen MR) is 118 cm³/mol. The smallest absolute Gasteiger partial charge is 0.191 e. The van der Waals surface area contributed by atoms with Gasteiger partial charge in [-0.15, -0.1) is 24.0 Å². The lowest BCUT2D eigenvalue weighted by Crippen LogP contribution is -2.65. The van der Waals surface area contributed by atoms with Gasteiger partial charge in [0.15, 0.2) is 5.96 Å². The Morgan fingerprint density at radius 1 is 1.33 bits per heavy atom. The quantitative estimate of drug-likeness (QED) is 0.294. The summed E-state index contributed by atoms with van der Waals surface area (Å²) in [6, 6.07) is 5.09. The Hall–Kier alpha value is -0.930. The molecular formula is C20H33FIN3O2. The summed E-state index contributed by atoms with van der Waals surface area (Å²) >= 11 is 0. The number of benzene rings is 1. The summed E-state index contributed by atoms with van der Waals surface area (Å²) in [4.78, 5) is 4.32. The van der Waals surface area contributed by atoms with Gasteiger partial charge in [-0.25, -0.2) is 4.39 Å². The normalized spacial score (nSPS) is 21.2. The van der Waals surface area contributed by atoms with E-state index in [9.17, 15) is 9.50 Å². The molecule has 0 heterocycles. The standard InChI is InChI=1S/C20H32FN3O2.HI/c1-5-20(6-2)17(11-18(20)26-7-3)24-19(22-4)23-12-14-8-9-16(21)15(10-14)13-25;/h8-10,17-18,25H,5-7,11-13H2,1-4H3,(H2,22,23,24);1H. The zero-order chi connectivity index (χ0) is 19.2. The van der Waals surface area contributed by atoms with Crippen LogP contribution in [-0.4, -0.2) is 36.9 Å². The van der Waals surface area contributed by atoms with Crippen LogP contribution in [0.5, 0.6) is 0 Å². The van der Waals surface area contributed by atoms with Gasteiger partial charge >= 0.3 is 0 Å². The van der Waals surface area contributed by atoms with Gasteiger partial charge in [-0.2, -0.15) is 0 Å². The van der Waals surface area contributed by atoms with Crippen molar-refractivity contribution in [3.63, 3.8) is 0 Å². The predicted octanol–water partition coefficient (Wildman–Crippen LogP) is 3.58. The first-order valence-corrected chi connectivity index (χ1v) is 9.51. The second-order valence-electron chi connectivity index (χ2n) is 6.83. The molecule has 1 saturated carbocycles. The molecule has 2 rings (SSSR count). The van der Waals surface area contributed by atoms with Crippen molar-refractivity contribution in [2.24, 2.45) is 10.4 Å². The third-order valence-corrected chi connectivity index (χ3v) is 5.74. The van der Waals surface area contributed by atoms with Crippen molar-refractivity contribution in [3.8, 4) is 0 Å². The molecule has 1 aromatic rings. The van der Waals surface area contributed by atoms with Crippen molar-refractivity contribution < 1.29 is 14.2 Å². The zero-order valence-electron chi connectivity index (χ0n) is 16.7. The fraction of sp³-hybridized carbons (Fsp3) is 0.650. The Morgan fingerprint density at radius 2 is 2.04 bits per heavy atom. The highest BCUT2D eigenvalue weighted by Crippen LogP contribution is 2.48. The number of ether oxygens (including phenoxy) is 1. The number of hydrogen-bond acceptors (Lipinski definition) is 3. The molecule has 0 spiro atoms. The topological polar surface area (TPSA) is 65.9 Å². The Balaban J connectivity index is 0.00000364. The van der Waals surface area contributed by atoms with E-state index in [0.717, 1.165) is 37.4 Å². The number of hydrogen-bond donors (Lipinski definition) is 3. The molecule has 0 aliphatic heterocycles. The van der Waals surface area contributed by atoms with Gasteiger partial charge in [0.05, 0.1) is 12.7 Å². The molecule has 0 saturated heterocycles. The van der Waals surface area contributed by atoms with Gasteiger partial charge in [0.25, 0.3) is 0 Å². The number of aliphatic hydroxyl groups is 1. The number of rotatable bonds is 8. The van der Waals surface area contributed by atoms with E-state index in [1.54, 1.807) is 19.2 Å². The van der Waals surface area contributed by atoms with Crippen molar-refractivity contribution in [2.45, 2.75) is 65.3 Å². The molecule has 0 aromatic heterocycles. The SMILES string of the molecule is CCOC1CC(NC(=NC)NCc2ccc(F)c(CO)c2)C1(CC)CC.I. The van der Waals surface area contributed by atoms with E-state index < -0.39 is 0 Å². The monoisotopic (exact) mass is 493 g/mol. The highest BCUT2D eigenvalue weighted by atomic mass is 127. The summed E-state index contributed by atoms with van der Waals surface area (Å²) in [5, 5.41) is 16.0. The molecule has 1 aliphatic carbocycles. The van der Waals surface area contributed by atoms with E-state index in [1.165, 1.54) is 6.07 Å². The highest BCUT2D eigenvalue weighted by Gasteiger charge is 2.53. The highest BCUT2D eigenvalue weighted by molar-refractivity contribution is 14.0. The van der Waals surface area contributed by atoms with Crippen LogP contribution in [0.15, 0.2) is 23.2 Å². The first-order chi connectivity index (χ1) is 12.5. The van der Waals surface area contributed by atoms with Crippen LogP contribution in [0.3, 0.4) is 0 Å². The molecule has 0 amide bonds. The van der Waals surface area contributed by atoms with Crippen LogP contribution in [0.2, 0.25) is 0 Å². The van der Waals surface area contributed by atoms with Gasteiger partial charge in [0.1, 0.15) is 5.82 Å². The molecule has 0 bridgehead atoms. The lowest BCUT2D eigenvalue weighted by Gasteiger charge is -2.55. The molecule has 0 radical (unpaired) electrons. The first-order valence-electron chi connectivity index (χ1n) is 9.51. The van der Waals surface area contributed by atoms with Crippen LogP contribution >= 0.6 is 24.0 Å². The maximum absolute atomic E-state index is 13.5. The largest absolute Gasteiger partial charge is 0.392 e. The Morgan fingerprint density at radius 3 is 2.59 bits per heavy atom. The molecule has 3 N–H and O–H groups in total. The first kappa shape index (κ1) is 24.1. The summed E-state index contributed by atoms with van der Waals surface area (Å²) in [5.41, 5.74) is 1.34. The van der Waals surface area contributed by atoms with Crippen LogP contribution in [0.1, 0.15) is 51.2 Å². The van der Waals surface area contributed by atoms with Gasteiger partial charge in [-0.3, -0.25) is 4.99 Å². The number of nitrogens with one attached hydrogen (secondary N) is 2. The van der Waals surface area contributed by atoms with Crippen molar-refractivity contribution in [1.82, 2.24) is 10.6 Å². The molecular weight excluding hydrogens is 460 g/mol. The van der Waals surface area contributed by atoms with E-state index in [-0.39, 0.29) is 41.8 Å². The molecule has 1 aliphatic rings. The number of nitrogens with zero attached hydrogens (tertiary/aromatic N) is 1. The summed E-state index contributed by atoms with van der Waals surface area (Å²) in [5.74, 6) is 0.344. The van der Waals surface area contributed by atoms with Gasteiger partial charge in [-0.05, 0) is 43.9 Å². The summed E-state index contributed by atoms with van der Waals surface area (Å²) < 4.78 is 19.4. The lowest BCUT2D eigenvalue weighted by molar-refractivity contribution is -0.133. The second kappa shape index (κ2) is 11.2. The summed E-state index contributed by atoms with van der Waals surface area (Å²) in [6.07, 6.45) is 3.38. The maximum Gasteiger partial charge on any atom is 0.191 e. The van der Waals surface area contributed by atoms with E-state index in [2.05, 4.69) is 29.5 Å². The fourth-order valence-electron chi connectivity index (χ4n) is 3.99. The van der Waals surface area contributed by atoms with Gasteiger partial charge < -0.3 is 20.5 Å². The average Bonchev–Trinajstić information content (AvgIpc) is 2.65. The molecule has 7 heteroatoms. The molecule has 5 nitrogen and oxygen atoms in total. The van der Waals surface area contributed by atoms with E-state index >= 15 is 0 Å². The van der Waals surface area contributed by atoms with Crippen LogP contribution in [-0.2, 0) is 17.9 Å². The minimum absolute atomic E-state index is 0. The van der Waals surface area contributed by atoms with E-state index in [0.29, 0.717) is 24.3 Å². The lowest BCUT2D eigenvalue weighted by atomic mass is 9.58. The van der Waals surface area contributed by atoms with Crippen LogP contribution in [0.25, 0.3) is 0 Å². The van der Waals surface area contributed by atoms with Crippen molar-refractivity contribution in [1.29, 1.82) is 0 Å². The molecule has 1 aromatic carbocycles. The number of aliphatic hydroxyl groups excluding tert-OH is 1. The summed E-state index contributed by atoms with van der Waals surface area (Å²) in [7, 11) is 1.75. The zero-order valence-corrected chi connectivity index (χ0v) is 19.0. The van der Waals surface area contributed by atoms with E-state index in [4.69, 9.17) is 4.74 Å². The third kappa shape index (κ3) is 5.32. The number of halogens is 2. The third-order valence-electron chi connectivity index (χ3n) is 5.74. The molecule has 2 unspecified atom stereocenters. The maximum atomic E-state index is 13.5. The molecule has 154 valence electrons. The Labute approximate surface area is 179 Å². The van der Waals surface area contributed by atoms with Crippen LogP contribution in [0, 0.1) is 11.2 Å². The van der Waals surface area contributed by atoms with Gasteiger partial charge in [0, 0.05) is 37.2 Å². The second-order valence-corrected chi connectivity index (χ2v) is 6.83. The minimum Gasteiger partial charge on any atom is -0.392 e. The van der Waals surface area contributed by atoms with Crippen LogP contribution in [0.4, 0.5) is 4.39 Å². The summed E-state index contributed by atoms with van der Waals surface area (Å²) in [6.45, 7) is 7.43. The van der Waals surface area contributed by atoms with Gasteiger partial charge in [-0.1, -0.05) is 19.9 Å². The Kier molecular flexibility index (Phi) is 9.97. The number of aliphatic imine (C=N–C) groups is 1. The van der Waals surface area contributed by atoms with Crippen molar-refractivity contribution in [2.75, 3.05) is 13.7 Å². The van der Waals surface area contributed by atoms with Crippen LogP contribution < -0.4 is 10.6 Å². The number of guanidine groups is 1. The minimum atomic E-state index is -0.383. The van der Waals surface area contributed by atoms with Gasteiger partial charge in [0.2, 0.25) is 0 Å². The Bertz CT molecular complexity index is 623. The fourth-order valence-corrected chi connectivity index (χ4v) is 3.99.